The maximum absolute atomic E-state index is 9.83. The average molecular weight is 352 g/mol. The first kappa shape index (κ1) is 15.8. The molecule has 4 nitrogen and oxygen atoms in total. The molecule has 0 fully saturated rings. The van der Waals surface area contributed by atoms with Gasteiger partial charge in [0.2, 0.25) is 0 Å². The van der Waals surface area contributed by atoms with E-state index in [1.165, 1.54) is 0 Å². The summed E-state index contributed by atoms with van der Waals surface area (Å²) in [5, 5.41) is 9.83. The molecule has 112 valence electrons. The SMILES string of the molecule is Nc1ccccc1OCC(O)COCc1cccc(Br)c1. The van der Waals surface area contributed by atoms with E-state index in [4.69, 9.17) is 15.2 Å². The van der Waals surface area contributed by atoms with Gasteiger partial charge in [-0.15, -0.1) is 0 Å². The molecule has 5 heteroatoms. The molecule has 1 unspecified atom stereocenters. The Bertz CT molecular complexity index is 577. The van der Waals surface area contributed by atoms with E-state index in [9.17, 15) is 5.11 Å². The number of ether oxygens (including phenoxy) is 2. The van der Waals surface area contributed by atoms with Gasteiger partial charge in [0.05, 0.1) is 18.9 Å². The largest absolute Gasteiger partial charge is 0.489 e. The van der Waals surface area contributed by atoms with Crippen LogP contribution in [-0.2, 0) is 11.3 Å². The predicted molar refractivity (Wildman–Crippen MR) is 86.2 cm³/mol. The van der Waals surface area contributed by atoms with Crippen molar-refractivity contribution in [2.45, 2.75) is 12.7 Å². The van der Waals surface area contributed by atoms with Crippen LogP contribution in [0.2, 0.25) is 0 Å². The first-order chi connectivity index (χ1) is 10.1. The van der Waals surface area contributed by atoms with Gasteiger partial charge < -0.3 is 20.3 Å². The third-order valence-corrected chi connectivity index (χ3v) is 3.31. The van der Waals surface area contributed by atoms with Gasteiger partial charge in [0.15, 0.2) is 0 Å². The Morgan fingerprint density at radius 3 is 2.67 bits per heavy atom. The van der Waals surface area contributed by atoms with Crippen molar-refractivity contribution in [2.24, 2.45) is 0 Å². The van der Waals surface area contributed by atoms with Gasteiger partial charge in [0.25, 0.3) is 0 Å². The molecule has 0 aromatic heterocycles. The zero-order chi connectivity index (χ0) is 15.1. The number of aliphatic hydroxyl groups excluding tert-OH is 1. The lowest BCUT2D eigenvalue weighted by Gasteiger charge is -2.14. The van der Waals surface area contributed by atoms with Gasteiger partial charge in [-0.05, 0) is 29.8 Å². The molecule has 0 saturated carbocycles. The van der Waals surface area contributed by atoms with E-state index in [-0.39, 0.29) is 13.2 Å². The summed E-state index contributed by atoms with van der Waals surface area (Å²) < 4.78 is 11.9. The van der Waals surface area contributed by atoms with Crippen LogP contribution in [0.1, 0.15) is 5.56 Å². The normalized spacial score (nSPS) is 12.1. The third kappa shape index (κ3) is 5.38. The number of benzene rings is 2. The van der Waals surface area contributed by atoms with Crippen molar-refractivity contribution in [1.82, 2.24) is 0 Å². The number of nitrogens with two attached hydrogens (primary N) is 1. The number of hydrogen-bond acceptors (Lipinski definition) is 4. The maximum Gasteiger partial charge on any atom is 0.142 e. The van der Waals surface area contributed by atoms with Crippen LogP contribution in [-0.4, -0.2) is 24.4 Å². The van der Waals surface area contributed by atoms with E-state index in [1.54, 1.807) is 12.1 Å². The summed E-state index contributed by atoms with van der Waals surface area (Å²) in [7, 11) is 0. The topological polar surface area (TPSA) is 64.7 Å². The first-order valence-electron chi connectivity index (χ1n) is 6.62. The number of rotatable bonds is 7. The molecule has 2 aromatic rings. The van der Waals surface area contributed by atoms with Gasteiger partial charge in [-0.25, -0.2) is 0 Å². The smallest absolute Gasteiger partial charge is 0.142 e. The maximum atomic E-state index is 9.83. The summed E-state index contributed by atoms with van der Waals surface area (Å²) in [6.07, 6.45) is -0.697. The van der Waals surface area contributed by atoms with Gasteiger partial charge in [0, 0.05) is 4.47 Å². The summed E-state index contributed by atoms with van der Waals surface area (Å²) in [5.41, 5.74) is 7.36. The standard InChI is InChI=1S/C16H18BrNO3/c17-13-5-3-4-12(8-13)9-20-10-14(19)11-21-16-7-2-1-6-15(16)18/h1-8,14,19H,9-11,18H2. The Hall–Kier alpha value is -1.56. The van der Waals surface area contributed by atoms with E-state index >= 15 is 0 Å². The Morgan fingerprint density at radius 1 is 1.10 bits per heavy atom. The quantitative estimate of drug-likeness (QED) is 0.752. The van der Waals surface area contributed by atoms with Crippen molar-refractivity contribution < 1.29 is 14.6 Å². The summed E-state index contributed by atoms with van der Waals surface area (Å²) in [5.74, 6) is 0.573. The van der Waals surface area contributed by atoms with E-state index in [1.807, 2.05) is 36.4 Å². The molecule has 1 atom stereocenters. The van der Waals surface area contributed by atoms with Crippen LogP contribution in [0.4, 0.5) is 5.69 Å². The second-order valence-corrected chi connectivity index (χ2v) is 5.56. The van der Waals surface area contributed by atoms with Crippen LogP contribution in [0, 0.1) is 0 Å². The Kier molecular flexibility index (Phi) is 6.04. The predicted octanol–water partition coefficient (Wildman–Crippen LogP) is 2.99. The van der Waals surface area contributed by atoms with Gasteiger partial charge in [0.1, 0.15) is 18.5 Å². The Morgan fingerprint density at radius 2 is 1.90 bits per heavy atom. The molecule has 21 heavy (non-hydrogen) atoms. The first-order valence-corrected chi connectivity index (χ1v) is 7.42. The molecule has 0 bridgehead atoms. The van der Waals surface area contributed by atoms with E-state index < -0.39 is 6.10 Å². The van der Waals surface area contributed by atoms with Crippen LogP contribution in [0.15, 0.2) is 53.0 Å². The lowest BCUT2D eigenvalue weighted by Crippen LogP contribution is -2.23. The van der Waals surface area contributed by atoms with Crippen LogP contribution >= 0.6 is 15.9 Å². The molecular formula is C16H18BrNO3. The summed E-state index contributed by atoms with van der Waals surface area (Å²) in [6, 6.07) is 15.0. The van der Waals surface area contributed by atoms with Gasteiger partial charge in [-0.3, -0.25) is 0 Å². The molecule has 0 aliphatic heterocycles. The fraction of sp³-hybridized carbons (Fsp3) is 0.250. The van der Waals surface area contributed by atoms with Crippen LogP contribution in [0.3, 0.4) is 0 Å². The number of hydrogen-bond donors (Lipinski definition) is 2. The van der Waals surface area contributed by atoms with E-state index in [0.717, 1.165) is 10.0 Å². The Labute approximate surface area is 132 Å². The lowest BCUT2D eigenvalue weighted by atomic mass is 10.2. The molecular weight excluding hydrogens is 334 g/mol. The highest BCUT2D eigenvalue weighted by molar-refractivity contribution is 9.10. The highest BCUT2D eigenvalue weighted by atomic mass is 79.9. The molecule has 0 heterocycles. The van der Waals surface area contributed by atoms with Crippen LogP contribution < -0.4 is 10.5 Å². The summed E-state index contributed by atoms with van der Waals surface area (Å²) in [6.45, 7) is 0.802. The molecule has 0 radical (unpaired) electrons. The third-order valence-electron chi connectivity index (χ3n) is 2.82. The molecule has 0 aliphatic carbocycles. The van der Waals surface area contributed by atoms with Crippen LogP contribution in [0.25, 0.3) is 0 Å². The van der Waals surface area contributed by atoms with Crippen molar-refractivity contribution in [1.29, 1.82) is 0 Å². The fourth-order valence-electron chi connectivity index (χ4n) is 1.79. The van der Waals surface area contributed by atoms with Crippen molar-refractivity contribution >= 4 is 21.6 Å². The van der Waals surface area contributed by atoms with Crippen molar-refractivity contribution in [3.8, 4) is 5.75 Å². The van der Waals surface area contributed by atoms with E-state index in [2.05, 4.69) is 15.9 Å². The second-order valence-electron chi connectivity index (χ2n) is 4.65. The Balaban J connectivity index is 1.70. The zero-order valence-corrected chi connectivity index (χ0v) is 13.1. The van der Waals surface area contributed by atoms with Crippen molar-refractivity contribution in [3.05, 3.63) is 58.6 Å². The van der Waals surface area contributed by atoms with Crippen molar-refractivity contribution in [3.63, 3.8) is 0 Å². The number of aliphatic hydroxyl groups is 1. The fourth-order valence-corrected chi connectivity index (χ4v) is 2.23. The number of nitrogen functional groups attached to an aromatic ring is 1. The molecule has 2 aromatic carbocycles. The summed E-state index contributed by atoms with van der Waals surface area (Å²) >= 11 is 3.40. The molecule has 0 aliphatic rings. The van der Waals surface area contributed by atoms with Crippen LogP contribution in [0.5, 0.6) is 5.75 Å². The minimum atomic E-state index is -0.697. The molecule has 0 spiro atoms. The van der Waals surface area contributed by atoms with Gasteiger partial charge in [-0.1, -0.05) is 40.2 Å². The van der Waals surface area contributed by atoms with Crippen molar-refractivity contribution in [2.75, 3.05) is 18.9 Å². The second kappa shape index (κ2) is 8.02. The molecule has 0 saturated heterocycles. The monoisotopic (exact) mass is 351 g/mol. The number of anilines is 1. The van der Waals surface area contributed by atoms with Gasteiger partial charge >= 0.3 is 0 Å². The highest BCUT2D eigenvalue weighted by Crippen LogP contribution is 2.19. The molecule has 3 N–H and O–H groups in total. The average Bonchev–Trinajstić information content (AvgIpc) is 2.46. The minimum absolute atomic E-state index is 0.146. The molecule has 2 rings (SSSR count). The molecule has 0 amide bonds. The van der Waals surface area contributed by atoms with Gasteiger partial charge in [-0.2, -0.15) is 0 Å². The summed E-state index contributed by atoms with van der Waals surface area (Å²) in [4.78, 5) is 0. The van der Waals surface area contributed by atoms with E-state index in [0.29, 0.717) is 18.0 Å². The zero-order valence-electron chi connectivity index (χ0n) is 11.5. The minimum Gasteiger partial charge on any atom is -0.489 e. The lowest BCUT2D eigenvalue weighted by molar-refractivity contribution is 0.00562. The number of para-hydroxylation sites is 2. The number of halogens is 1. The highest BCUT2D eigenvalue weighted by Gasteiger charge is 2.07.